The molecule has 0 aliphatic carbocycles. The van der Waals surface area contributed by atoms with E-state index in [-0.39, 0.29) is 17.2 Å². The summed E-state index contributed by atoms with van der Waals surface area (Å²) in [4.78, 5) is 15.5. The van der Waals surface area contributed by atoms with Gasteiger partial charge in [0.2, 0.25) is 5.91 Å². The van der Waals surface area contributed by atoms with E-state index in [0.717, 1.165) is 36.4 Å². The van der Waals surface area contributed by atoms with Gasteiger partial charge in [0.25, 0.3) is 0 Å². The van der Waals surface area contributed by atoms with Crippen molar-refractivity contribution in [3.05, 3.63) is 29.8 Å². The molecule has 4 heteroatoms. The second-order valence-corrected chi connectivity index (χ2v) is 6.92. The second kappa shape index (κ2) is 7.14. The number of thioether (sulfide) groups is 1. The van der Waals surface area contributed by atoms with Gasteiger partial charge in [-0.2, -0.15) is 0 Å². The van der Waals surface area contributed by atoms with Gasteiger partial charge >= 0.3 is 0 Å². The third kappa shape index (κ3) is 4.00. The fourth-order valence-electron chi connectivity index (χ4n) is 2.48. The minimum absolute atomic E-state index is 0.0192. The van der Waals surface area contributed by atoms with E-state index in [0.29, 0.717) is 0 Å². The summed E-state index contributed by atoms with van der Waals surface area (Å²) in [6.07, 6.45) is 3.54. The molecule has 0 spiro atoms. The van der Waals surface area contributed by atoms with Crippen LogP contribution in [0.15, 0.2) is 29.2 Å². The lowest BCUT2D eigenvalue weighted by Gasteiger charge is -2.29. The summed E-state index contributed by atoms with van der Waals surface area (Å²) < 4.78 is 0. The number of nitrogens with zero attached hydrogens (tertiary/aromatic N) is 1. The Kier molecular flexibility index (Phi) is 5.49. The van der Waals surface area contributed by atoms with Crippen LogP contribution in [0.3, 0.4) is 0 Å². The van der Waals surface area contributed by atoms with E-state index < -0.39 is 0 Å². The number of carbonyl (C=O) groups excluding carboxylic acids is 1. The summed E-state index contributed by atoms with van der Waals surface area (Å²) in [5.41, 5.74) is 6.97. The van der Waals surface area contributed by atoms with E-state index in [4.69, 9.17) is 5.73 Å². The summed E-state index contributed by atoms with van der Waals surface area (Å²) >= 11 is 1.63. The van der Waals surface area contributed by atoms with Crippen LogP contribution in [0.25, 0.3) is 0 Å². The zero-order valence-corrected chi connectivity index (χ0v) is 13.2. The SMILES string of the molecule is CC(Sc1ccc(C(C)N)cc1)C(=O)N1CCCCC1. The third-order valence-electron chi connectivity index (χ3n) is 3.73. The second-order valence-electron chi connectivity index (χ2n) is 5.50. The maximum Gasteiger partial charge on any atom is 0.235 e. The number of benzene rings is 1. The van der Waals surface area contributed by atoms with Gasteiger partial charge in [-0.25, -0.2) is 0 Å². The van der Waals surface area contributed by atoms with Crippen molar-refractivity contribution < 1.29 is 4.79 Å². The van der Waals surface area contributed by atoms with E-state index in [9.17, 15) is 4.79 Å². The van der Waals surface area contributed by atoms with Crippen molar-refractivity contribution in [3.63, 3.8) is 0 Å². The van der Waals surface area contributed by atoms with E-state index in [2.05, 4.69) is 12.1 Å². The van der Waals surface area contributed by atoms with Gasteiger partial charge in [-0.3, -0.25) is 4.79 Å². The number of amides is 1. The Bertz CT molecular complexity index is 438. The average molecular weight is 292 g/mol. The molecule has 0 saturated carbocycles. The van der Waals surface area contributed by atoms with Crippen LogP contribution in [-0.2, 0) is 4.79 Å². The summed E-state index contributed by atoms with van der Waals surface area (Å²) in [6.45, 7) is 5.83. The molecule has 2 N–H and O–H groups in total. The highest BCUT2D eigenvalue weighted by atomic mass is 32.2. The lowest BCUT2D eigenvalue weighted by Crippen LogP contribution is -2.40. The molecule has 1 saturated heterocycles. The lowest BCUT2D eigenvalue weighted by atomic mass is 10.1. The van der Waals surface area contributed by atoms with Gasteiger partial charge in [0.15, 0.2) is 0 Å². The van der Waals surface area contributed by atoms with Crippen LogP contribution in [0, 0.1) is 0 Å². The Morgan fingerprint density at radius 1 is 1.15 bits per heavy atom. The maximum atomic E-state index is 12.4. The Labute approximate surface area is 125 Å². The predicted octanol–water partition coefficient (Wildman–Crippen LogP) is 3.20. The molecule has 110 valence electrons. The van der Waals surface area contributed by atoms with E-state index in [1.54, 1.807) is 11.8 Å². The number of rotatable bonds is 4. The van der Waals surface area contributed by atoms with E-state index in [1.165, 1.54) is 6.42 Å². The van der Waals surface area contributed by atoms with Crippen LogP contribution in [0.5, 0.6) is 0 Å². The Morgan fingerprint density at radius 3 is 2.30 bits per heavy atom. The normalized spacial score (nSPS) is 18.6. The van der Waals surface area contributed by atoms with Crippen LogP contribution in [0.1, 0.15) is 44.7 Å². The van der Waals surface area contributed by atoms with Gasteiger partial charge in [-0.1, -0.05) is 12.1 Å². The first-order chi connectivity index (χ1) is 9.58. The van der Waals surface area contributed by atoms with Crippen LogP contribution in [0.4, 0.5) is 0 Å². The van der Waals surface area contributed by atoms with Crippen molar-refractivity contribution in [1.29, 1.82) is 0 Å². The molecule has 0 aromatic heterocycles. The molecule has 1 aliphatic heterocycles. The largest absolute Gasteiger partial charge is 0.342 e. The quantitative estimate of drug-likeness (QED) is 0.867. The monoisotopic (exact) mass is 292 g/mol. The van der Waals surface area contributed by atoms with Crippen molar-refractivity contribution in [2.75, 3.05) is 13.1 Å². The number of carbonyl (C=O) groups is 1. The molecule has 1 heterocycles. The van der Waals surface area contributed by atoms with Crippen LogP contribution >= 0.6 is 11.8 Å². The van der Waals surface area contributed by atoms with Gasteiger partial charge < -0.3 is 10.6 Å². The van der Waals surface area contributed by atoms with Crippen molar-refractivity contribution in [3.8, 4) is 0 Å². The van der Waals surface area contributed by atoms with Gasteiger partial charge in [0, 0.05) is 24.0 Å². The van der Waals surface area contributed by atoms with E-state index in [1.807, 2.05) is 30.9 Å². The number of likely N-dealkylation sites (tertiary alicyclic amines) is 1. The first-order valence-electron chi connectivity index (χ1n) is 7.39. The standard InChI is InChI=1S/C16H24N2OS/c1-12(17)14-6-8-15(9-7-14)20-13(2)16(19)18-10-4-3-5-11-18/h6-9,12-13H,3-5,10-11,17H2,1-2H3. The van der Waals surface area contributed by atoms with Crippen molar-refractivity contribution in [1.82, 2.24) is 4.90 Å². The molecule has 2 rings (SSSR count). The van der Waals surface area contributed by atoms with E-state index >= 15 is 0 Å². The summed E-state index contributed by atoms with van der Waals surface area (Å²) in [7, 11) is 0. The molecule has 0 bridgehead atoms. The molecule has 1 fully saturated rings. The number of hydrogen-bond acceptors (Lipinski definition) is 3. The van der Waals surface area contributed by atoms with Gasteiger partial charge in [-0.05, 0) is 50.8 Å². The molecule has 2 unspecified atom stereocenters. The van der Waals surface area contributed by atoms with Gasteiger partial charge in [0.1, 0.15) is 0 Å². The highest BCUT2D eigenvalue weighted by molar-refractivity contribution is 8.00. The summed E-state index contributed by atoms with van der Waals surface area (Å²) in [5, 5.41) is -0.0192. The van der Waals surface area contributed by atoms with Gasteiger partial charge in [0.05, 0.1) is 5.25 Å². The minimum atomic E-state index is -0.0192. The topological polar surface area (TPSA) is 46.3 Å². The highest BCUT2D eigenvalue weighted by Gasteiger charge is 2.22. The average Bonchev–Trinajstić information content (AvgIpc) is 2.48. The molecule has 1 aromatic rings. The molecule has 1 aromatic carbocycles. The molecular weight excluding hydrogens is 268 g/mol. The van der Waals surface area contributed by atoms with Crippen LogP contribution in [-0.4, -0.2) is 29.1 Å². The molecule has 20 heavy (non-hydrogen) atoms. The minimum Gasteiger partial charge on any atom is -0.342 e. The zero-order valence-electron chi connectivity index (χ0n) is 12.3. The Morgan fingerprint density at radius 2 is 1.75 bits per heavy atom. The molecular formula is C16H24N2OS. The fourth-order valence-corrected chi connectivity index (χ4v) is 3.43. The Hall–Kier alpha value is -1.00. The molecule has 1 amide bonds. The molecule has 2 atom stereocenters. The smallest absolute Gasteiger partial charge is 0.235 e. The van der Waals surface area contributed by atoms with Gasteiger partial charge in [-0.15, -0.1) is 11.8 Å². The number of hydrogen-bond donors (Lipinski definition) is 1. The lowest BCUT2D eigenvalue weighted by molar-refractivity contribution is -0.131. The molecule has 0 radical (unpaired) electrons. The van der Waals surface area contributed by atoms with Crippen molar-refractivity contribution in [2.24, 2.45) is 5.73 Å². The fraction of sp³-hybridized carbons (Fsp3) is 0.562. The molecule has 1 aliphatic rings. The summed E-state index contributed by atoms with van der Waals surface area (Å²) in [5.74, 6) is 0.269. The summed E-state index contributed by atoms with van der Waals surface area (Å²) in [6, 6.07) is 8.27. The van der Waals surface area contributed by atoms with Crippen molar-refractivity contribution >= 4 is 17.7 Å². The molecule has 3 nitrogen and oxygen atoms in total. The first-order valence-corrected chi connectivity index (χ1v) is 8.27. The Balaban J connectivity index is 1.92. The number of nitrogens with two attached hydrogens (primary N) is 1. The maximum absolute atomic E-state index is 12.4. The first kappa shape index (κ1) is 15.4. The highest BCUT2D eigenvalue weighted by Crippen LogP contribution is 2.26. The third-order valence-corrected chi connectivity index (χ3v) is 4.83. The predicted molar refractivity (Wildman–Crippen MR) is 84.8 cm³/mol. The number of piperidine rings is 1. The zero-order chi connectivity index (χ0) is 14.5. The van der Waals surface area contributed by atoms with Crippen molar-refractivity contribution in [2.45, 2.75) is 49.3 Å². The van der Waals surface area contributed by atoms with Crippen LogP contribution in [0.2, 0.25) is 0 Å². The van der Waals surface area contributed by atoms with Crippen LogP contribution < -0.4 is 5.73 Å².